The third-order valence-electron chi connectivity index (χ3n) is 3.72. The minimum atomic E-state index is -7.97. The van der Waals surface area contributed by atoms with Crippen LogP contribution in [0.4, 0.5) is 57.1 Å². The molecule has 0 saturated carbocycles. The molecule has 17 heteroatoms. The van der Waals surface area contributed by atoms with Crippen molar-refractivity contribution in [3.05, 3.63) is 44.0 Å². The Hall–Kier alpha value is -1.27. The fraction of sp³-hybridized carbons (Fsp3) is 0.438. The third-order valence-corrected chi connectivity index (χ3v) is 4.87. The van der Waals surface area contributed by atoms with Crippen LogP contribution in [0.1, 0.15) is 10.4 Å². The summed E-state index contributed by atoms with van der Waals surface area (Å²) in [4.78, 5) is 11.7. The topological polar surface area (TPSA) is 26.3 Å². The van der Waals surface area contributed by atoms with Gasteiger partial charge in [0, 0.05) is 14.1 Å². The predicted octanol–water partition coefficient (Wildman–Crippen LogP) is 7.66. The van der Waals surface area contributed by atoms with Gasteiger partial charge in [-0.2, -0.15) is 57.1 Å². The summed E-state index contributed by atoms with van der Waals surface area (Å²) in [5.74, 6) is -38.7. The highest BCUT2D eigenvalue weighted by Crippen LogP contribution is 2.60. The Labute approximate surface area is 197 Å². The first kappa shape index (κ1) is 29.8. The number of rotatable bonds is 8. The summed E-state index contributed by atoms with van der Waals surface area (Å²) in [6.45, 7) is -1.29. The van der Waals surface area contributed by atoms with Gasteiger partial charge in [0.05, 0.1) is 5.56 Å². The van der Waals surface area contributed by atoms with E-state index in [1.807, 2.05) is 0 Å². The first-order valence-corrected chi connectivity index (χ1v) is 9.66. The average molecular weight is 685 g/mol. The molecule has 0 fully saturated rings. The Kier molecular flexibility index (Phi) is 8.49. The van der Waals surface area contributed by atoms with E-state index in [-0.39, 0.29) is 5.56 Å². The minimum absolute atomic E-state index is 0.181. The van der Waals surface area contributed by atoms with Gasteiger partial charge < -0.3 is 4.74 Å². The van der Waals surface area contributed by atoms with Crippen molar-refractivity contribution in [3.8, 4) is 0 Å². The summed E-state index contributed by atoms with van der Waals surface area (Å²) >= 11 is 3.77. The molecule has 0 spiro atoms. The number of halogens is 15. The summed E-state index contributed by atoms with van der Waals surface area (Å²) < 4.78 is 173. The third kappa shape index (κ3) is 5.53. The Bertz CT molecular complexity index is 895. The number of alkyl halides is 13. The molecule has 0 unspecified atom stereocenters. The largest absolute Gasteiger partial charge is 0.460 e. The van der Waals surface area contributed by atoms with Gasteiger partial charge in [0.1, 0.15) is 6.61 Å². The highest BCUT2D eigenvalue weighted by molar-refractivity contribution is 14.1. The number of hydrogen-bond donors (Lipinski definition) is 0. The zero-order chi connectivity index (χ0) is 26.3. The van der Waals surface area contributed by atoms with Crippen LogP contribution in [-0.2, 0) is 4.74 Å². The zero-order valence-electron chi connectivity index (χ0n) is 15.1. The zero-order valence-corrected chi connectivity index (χ0v) is 18.8. The van der Waals surface area contributed by atoms with Gasteiger partial charge in [-0.3, -0.25) is 0 Å². The van der Waals surface area contributed by atoms with E-state index in [4.69, 9.17) is 0 Å². The maximum atomic E-state index is 13.7. The number of ether oxygens (including phenoxy) is 1. The lowest BCUT2D eigenvalue weighted by atomic mass is 9.94. The van der Waals surface area contributed by atoms with Gasteiger partial charge in [0.2, 0.25) is 0 Å². The monoisotopic (exact) mass is 684 g/mol. The standard InChI is InChI=1S/C16H7BrF13IO2/c17-8-3-1-7(2-4-8)10(32)33-6-9(31)5-11(18,19)12(20,21)13(22,23)14(24,25)15(26,27)16(28,29)30/h1-5H,6H2. The second-order valence-electron chi connectivity index (χ2n) is 6.09. The highest BCUT2D eigenvalue weighted by atomic mass is 127. The number of benzene rings is 1. The quantitative estimate of drug-likeness (QED) is 0.160. The van der Waals surface area contributed by atoms with E-state index >= 15 is 0 Å². The second-order valence-corrected chi connectivity index (χ2v) is 8.39. The molecular formula is C16H7BrF13IO2. The first-order valence-electron chi connectivity index (χ1n) is 7.78. The van der Waals surface area contributed by atoms with Gasteiger partial charge in [0.15, 0.2) is 0 Å². The van der Waals surface area contributed by atoms with Crippen LogP contribution in [0.2, 0.25) is 0 Å². The molecule has 1 aromatic rings. The van der Waals surface area contributed by atoms with Gasteiger partial charge >= 0.3 is 41.8 Å². The van der Waals surface area contributed by atoms with Crippen molar-refractivity contribution < 1.29 is 66.6 Å². The van der Waals surface area contributed by atoms with E-state index in [2.05, 4.69) is 20.7 Å². The van der Waals surface area contributed by atoms with Gasteiger partial charge in [-0.05, 0) is 46.9 Å². The summed E-state index contributed by atoms with van der Waals surface area (Å²) in [7, 11) is 0. The van der Waals surface area contributed by atoms with Crippen LogP contribution < -0.4 is 0 Å². The summed E-state index contributed by atoms with van der Waals surface area (Å²) in [6.07, 6.45) is -8.60. The fourth-order valence-corrected chi connectivity index (χ4v) is 2.73. The molecule has 0 radical (unpaired) electrons. The van der Waals surface area contributed by atoms with Crippen molar-refractivity contribution >= 4 is 44.5 Å². The van der Waals surface area contributed by atoms with Gasteiger partial charge in [-0.15, -0.1) is 0 Å². The fourth-order valence-electron chi connectivity index (χ4n) is 1.91. The van der Waals surface area contributed by atoms with Crippen LogP contribution in [0.25, 0.3) is 0 Å². The molecule has 188 valence electrons. The molecule has 0 aromatic heterocycles. The molecule has 1 aromatic carbocycles. The van der Waals surface area contributed by atoms with Gasteiger partial charge in [-0.25, -0.2) is 4.79 Å². The number of carbonyl (C=O) groups is 1. The molecule has 0 aliphatic heterocycles. The van der Waals surface area contributed by atoms with Crippen LogP contribution in [-0.4, -0.2) is 48.4 Å². The minimum Gasteiger partial charge on any atom is -0.457 e. The Morgan fingerprint density at radius 1 is 0.788 bits per heavy atom. The molecule has 0 atom stereocenters. The maximum absolute atomic E-state index is 13.7. The average Bonchev–Trinajstić information content (AvgIpc) is 2.64. The van der Waals surface area contributed by atoms with E-state index < -0.39 is 58.0 Å². The number of hydrogen-bond acceptors (Lipinski definition) is 2. The molecular weight excluding hydrogens is 678 g/mol. The lowest BCUT2D eigenvalue weighted by Gasteiger charge is -2.39. The number of carbonyl (C=O) groups excluding carboxylic acids is 1. The molecule has 0 aliphatic carbocycles. The van der Waals surface area contributed by atoms with E-state index in [0.29, 0.717) is 4.47 Å². The lowest BCUT2D eigenvalue weighted by Crippen LogP contribution is -2.69. The van der Waals surface area contributed by atoms with E-state index in [0.717, 1.165) is 34.7 Å². The van der Waals surface area contributed by atoms with Crippen molar-refractivity contribution in [2.75, 3.05) is 6.61 Å². The van der Waals surface area contributed by atoms with E-state index in [9.17, 15) is 61.9 Å². The highest BCUT2D eigenvalue weighted by Gasteiger charge is 2.90. The lowest BCUT2D eigenvalue weighted by molar-refractivity contribution is -0.436. The van der Waals surface area contributed by atoms with Crippen LogP contribution in [0.15, 0.2) is 38.4 Å². The molecule has 0 bridgehead atoms. The van der Waals surface area contributed by atoms with Crippen molar-refractivity contribution in [3.63, 3.8) is 0 Å². The summed E-state index contributed by atoms with van der Waals surface area (Å²) in [6, 6.07) is 5.00. The van der Waals surface area contributed by atoms with E-state index in [1.54, 1.807) is 0 Å². The second kappa shape index (κ2) is 9.41. The van der Waals surface area contributed by atoms with Crippen molar-refractivity contribution in [2.24, 2.45) is 0 Å². The molecule has 2 nitrogen and oxygen atoms in total. The molecule has 0 heterocycles. The smallest absolute Gasteiger partial charge is 0.457 e. The van der Waals surface area contributed by atoms with Gasteiger partial charge in [0.25, 0.3) is 0 Å². The number of allylic oxidation sites excluding steroid dienone is 1. The molecule has 0 amide bonds. The molecule has 0 N–H and O–H groups in total. The summed E-state index contributed by atoms with van der Waals surface area (Å²) in [5.41, 5.74) is -0.181. The van der Waals surface area contributed by atoms with Crippen LogP contribution in [0.3, 0.4) is 0 Å². The number of esters is 1. The molecule has 33 heavy (non-hydrogen) atoms. The SMILES string of the molecule is O=C(OCC(I)=CC(F)(F)C(F)(F)C(F)(F)C(F)(F)C(F)(F)C(F)(F)F)c1ccc(Br)cc1. The van der Waals surface area contributed by atoms with Crippen molar-refractivity contribution in [1.82, 2.24) is 0 Å². The Morgan fingerprint density at radius 2 is 1.21 bits per heavy atom. The summed E-state index contributed by atoms with van der Waals surface area (Å²) in [5, 5.41) is 0. The van der Waals surface area contributed by atoms with Crippen LogP contribution in [0, 0.1) is 0 Å². The molecule has 1 rings (SSSR count). The molecule has 0 aliphatic rings. The van der Waals surface area contributed by atoms with Crippen LogP contribution in [0.5, 0.6) is 0 Å². The Balaban J connectivity index is 3.18. The van der Waals surface area contributed by atoms with Crippen molar-refractivity contribution in [2.45, 2.75) is 35.8 Å². The Morgan fingerprint density at radius 3 is 1.64 bits per heavy atom. The normalized spacial score (nSPS) is 14.9. The maximum Gasteiger partial charge on any atom is 0.460 e. The predicted molar refractivity (Wildman–Crippen MR) is 97.3 cm³/mol. The van der Waals surface area contributed by atoms with Gasteiger partial charge in [-0.1, -0.05) is 15.9 Å². The van der Waals surface area contributed by atoms with Crippen molar-refractivity contribution in [1.29, 1.82) is 0 Å². The molecule has 0 saturated heterocycles. The van der Waals surface area contributed by atoms with E-state index in [1.165, 1.54) is 12.1 Å². The van der Waals surface area contributed by atoms with Crippen LogP contribution >= 0.6 is 38.5 Å². The first-order chi connectivity index (χ1) is 14.5.